The molecular weight excluding hydrogens is 576 g/mol. The number of aryl methyl sites for hydroxylation is 2. The van der Waals surface area contributed by atoms with Crippen molar-refractivity contribution in [2.75, 3.05) is 0 Å². The van der Waals surface area contributed by atoms with Crippen LogP contribution in [-0.4, -0.2) is 25.0 Å². The molecule has 2 nitrogen and oxygen atoms in total. The van der Waals surface area contributed by atoms with Crippen molar-refractivity contribution in [2.24, 2.45) is 7.05 Å². The van der Waals surface area contributed by atoms with Gasteiger partial charge in [0.15, 0.2) is 0 Å². The zero-order valence-electron chi connectivity index (χ0n) is 21.3. The number of nitrogens with zero attached hydrogens (tertiary/aromatic N) is 2. The van der Waals surface area contributed by atoms with Gasteiger partial charge in [-0.05, 0) is 0 Å². The van der Waals surface area contributed by atoms with Gasteiger partial charge in [-0.2, -0.15) is 0 Å². The van der Waals surface area contributed by atoms with Gasteiger partial charge in [0.2, 0.25) is 0 Å². The van der Waals surface area contributed by atoms with Crippen LogP contribution in [0.3, 0.4) is 0 Å². The molecule has 0 bridgehead atoms. The number of aromatic nitrogens is 2. The quantitative estimate of drug-likeness (QED) is 0.108. The minimum atomic E-state index is -0.425. The van der Waals surface area contributed by atoms with Crippen LogP contribution in [0, 0.1) is 6.92 Å². The maximum absolute atomic E-state index is 2.40. The second-order valence-electron chi connectivity index (χ2n) is 10.1. The number of benzene rings is 5. The summed E-state index contributed by atoms with van der Waals surface area (Å²) >= 11 is -0.425. The molecule has 8 rings (SSSR count). The maximum atomic E-state index is 2.40. The van der Waals surface area contributed by atoms with Gasteiger partial charge in [-0.15, -0.1) is 0 Å². The van der Waals surface area contributed by atoms with E-state index in [-0.39, 0.29) is 0 Å². The molecule has 0 unspecified atom stereocenters. The first-order valence-electron chi connectivity index (χ1n) is 13.0. The molecule has 0 saturated carbocycles. The Morgan fingerprint density at radius 1 is 0.605 bits per heavy atom. The minimum absolute atomic E-state index is 0.425. The third-order valence-electron chi connectivity index (χ3n) is 8.01. The first-order valence-corrected chi connectivity index (χ1v) is 15.3. The van der Waals surface area contributed by atoms with Gasteiger partial charge >= 0.3 is 219 Å². The molecule has 38 heavy (non-hydrogen) atoms. The summed E-state index contributed by atoms with van der Waals surface area (Å²) in [5.74, 6) is 0. The molecule has 180 valence electrons. The second-order valence-corrected chi connectivity index (χ2v) is 13.1. The first-order chi connectivity index (χ1) is 18.7. The van der Waals surface area contributed by atoms with E-state index in [0.29, 0.717) is 0 Å². The molecule has 0 aliphatic heterocycles. The number of hydrogen-bond donors (Lipinski definition) is 0. The summed E-state index contributed by atoms with van der Waals surface area (Å²) in [6.45, 7) is 2.31. The van der Waals surface area contributed by atoms with Crippen LogP contribution >= 0.6 is 0 Å². The van der Waals surface area contributed by atoms with Crippen molar-refractivity contribution in [3.63, 3.8) is 0 Å². The Labute approximate surface area is 230 Å². The van der Waals surface area contributed by atoms with Crippen molar-refractivity contribution in [3.05, 3.63) is 121 Å². The number of hydrogen-bond acceptors (Lipinski definition) is 0. The van der Waals surface area contributed by atoms with Gasteiger partial charge < -0.3 is 0 Å². The van der Waals surface area contributed by atoms with Crippen LogP contribution in [0.5, 0.6) is 0 Å². The predicted molar refractivity (Wildman–Crippen MR) is 162 cm³/mol. The molecule has 8 aromatic rings. The topological polar surface area (TPSA) is 8.81 Å². The summed E-state index contributed by atoms with van der Waals surface area (Å²) in [5.41, 5.74) is 6.53. The molecule has 0 fully saturated rings. The number of rotatable bonds is 2. The van der Waals surface area contributed by atoms with Crippen LogP contribution in [0.25, 0.3) is 67.1 Å². The Bertz CT molecular complexity index is 2160. The summed E-state index contributed by atoms with van der Waals surface area (Å²) in [4.78, 5) is 0. The van der Waals surface area contributed by atoms with Gasteiger partial charge in [0.25, 0.3) is 0 Å². The molecule has 0 spiro atoms. The molecule has 3 heterocycles. The van der Waals surface area contributed by atoms with Gasteiger partial charge in [0.1, 0.15) is 0 Å². The molecule has 0 amide bonds. The first kappa shape index (κ1) is 22.1. The molecule has 0 aliphatic rings. The Kier molecular flexibility index (Phi) is 4.83. The fourth-order valence-corrected chi connectivity index (χ4v) is 9.94. The molecule has 0 N–H and O–H groups in total. The van der Waals surface area contributed by atoms with E-state index in [9.17, 15) is 0 Å². The van der Waals surface area contributed by atoms with E-state index in [4.69, 9.17) is 0 Å². The Hall–Kier alpha value is -3.90. The van der Waals surface area contributed by atoms with E-state index in [2.05, 4.69) is 138 Å². The van der Waals surface area contributed by atoms with Crippen molar-refractivity contribution in [3.8, 4) is 15.0 Å². The zero-order chi connectivity index (χ0) is 25.4. The van der Waals surface area contributed by atoms with Gasteiger partial charge in [-0.25, -0.2) is 0 Å². The van der Waals surface area contributed by atoms with Gasteiger partial charge in [0, 0.05) is 0 Å². The van der Waals surface area contributed by atoms with E-state index in [1.54, 1.807) is 6.98 Å². The third kappa shape index (κ3) is 3.10. The summed E-state index contributed by atoms with van der Waals surface area (Å²) < 4.78 is 7.85. The number of fused-ring (bicyclic) bond motifs is 7. The van der Waals surface area contributed by atoms with Crippen LogP contribution in [0.2, 0.25) is 0 Å². The van der Waals surface area contributed by atoms with Gasteiger partial charge in [-0.1, -0.05) is 12.1 Å². The molecule has 0 radical (unpaired) electrons. The van der Waals surface area contributed by atoms with Crippen LogP contribution in [0.1, 0.15) is 5.56 Å². The Morgan fingerprint density at radius 2 is 1.26 bits per heavy atom. The standard InChI is InChI=1S/C35H25N2Te/c1-22-25-9-5-8-14-33(25)38-35(22)34-30-17-15-23-21-24(16-18-26(23)27(30)19-20-36(34)2)37-31-12-6-3-10-28(31)29-11-4-7-13-32(29)37/h3-21H,1-2H3/q+1. The van der Waals surface area contributed by atoms with Crippen LogP contribution in [0.15, 0.2) is 115 Å². The molecular formula is C35H25N2Te+. The summed E-state index contributed by atoms with van der Waals surface area (Å²) in [7, 11) is 2.20. The van der Waals surface area contributed by atoms with Gasteiger partial charge in [0.05, 0.1) is 0 Å². The average Bonchev–Trinajstić information content (AvgIpc) is 3.47. The zero-order valence-corrected chi connectivity index (χ0v) is 23.6. The monoisotopic (exact) mass is 603 g/mol. The van der Waals surface area contributed by atoms with Crippen molar-refractivity contribution in [1.29, 1.82) is 0 Å². The molecule has 3 aromatic heterocycles. The van der Waals surface area contributed by atoms with E-state index in [1.165, 1.54) is 65.7 Å². The number of pyridine rings is 1. The summed E-state index contributed by atoms with van der Waals surface area (Å²) in [6.07, 6.45) is 2.24. The molecule has 0 aliphatic carbocycles. The van der Waals surface area contributed by atoms with Crippen LogP contribution < -0.4 is 4.57 Å². The fourth-order valence-electron chi connectivity index (χ4n) is 6.20. The van der Waals surface area contributed by atoms with E-state index < -0.39 is 20.4 Å². The van der Waals surface area contributed by atoms with E-state index >= 15 is 0 Å². The molecule has 3 heteroatoms. The normalized spacial score (nSPS) is 11.9. The Balaban J connectivity index is 1.38. The molecule has 5 aromatic carbocycles. The van der Waals surface area contributed by atoms with Crippen molar-refractivity contribution >= 4 is 72.6 Å². The van der Waals surface area contributed by atoms with E-state index in [1.807, 2.05) is 0 Å². The predicted octanol–water partition coefficient (Wildman–Crippen LogP) is 8.10. The second kappa shape index (κ2) is 8.30. The van der Waals surface area contributed by atoms with Crippen molar-refractivity contribution in [2.45, 2.75) is 6.92 Å². The average molecular weight is 601 g/mol. The van der Waals surface area contributed by atoms with Crippen molar-refractivity contribution in [1.82, 2.24) is 4.57 Å². The summed E-state index contributed by atoms with van der Waals surface area (Å²) in [5, 5.41) is 9.29. The molecule has 0 saturated heterocycles. The number of para-hydroxylation sites is 2. The molecule has 0 atom stereocenters. The van der Waals surface area contributed by atoms with Gasteiger partial charge in [-0.3, -0.25) is 0 Å². The van der Waals surface area contributed by atoms with E-state index in [0.717, 1.165) is 0 Å². The summed E-state index contributed by atoms with van der Waals surface area (Å²) in [6, 6.07) is 40.3. The van der Waals surface area contributed by atoms with Crippen molar-refractivity contribution < 1.29 is 4.57 Å². The fraction of sp³-hybridized carbons (Fsp3) is 0.0571. The van der Waals surface area contributed by atoms with Crippen LogP contribution in [0.4, 0.5) is 0 Å². The third-order valence-corrected chi connectivity index (χ3v) is 11.7. The Morgan fingerprint density at radius 3 is 2.00 bits per heavy atom. The SMILES string of the molecule is Cc1c(-c2c3ccc4cc(-n5c6ccccc6c6ccccc65)ccc4c3cc[n+]2C)[te]c2ccccc12. The van der Waals surface area contributed by atoms with Crippen LogP contribution in [-0.2, 0) is 7.05 Å².